The Morgan fingerprint density at radius 1 is 0.970 bits per heavy atom. The first-order valence-electron chi connectivity index (χ1n) is 11.0. The van der Waals surface area contributed by atoms with Crippen molar-refractivity contribution in [1.29, 1.82) is 0 Å². The van der Waals surface area contributed by atoms with Gasteiger partial charge in [-0.15, -0.1) is 0 Å². The molecule has 0 saturated carbocycles. The van der Waals surface area contributed by atoms with Crippen molar-refractivity contribution in [2.24, 2.45) is 0 Å². The summed E-state index contributed by atoms with van der Waals surface area (Å²) in [5, 5.41) is 4.68. The molecule has 0 aliphatic carbocycles. The molecule has 0 bridgehead atoms. The van der Waals surface area contributed by atoms with Gasteiger partial charge >= 0.3 is 0 Å². The SMILES string of the molecule is CN(CC(=O)NCc1ccccc1CN1CCOCC1)S(=O)(=O)c1ccc2ccccc2c1. The maximum atomic E-state index is 13.0. The standard InChI is InChI=1S/C25H29N3O4S/c1-27(33(30,31)24-11-10-20-6-2-3-7-21(20)16-24)19-25(29)26-17-22-8-4-5-9-23(22)18-28-12-14-32-15-13-28/h2-11,16H,12-15,17-19H2,1H3,(H,26,29). The smallest absolute Gasteiger partial charge is 0.243 e. The van der Waals surface area contributed by atoms with Gasteiger partial charge in [0.05, 0.1) is 24.7 Å². The molecule has 0 spiro atoms. The fourth-order valence-electron chi connectivity index (χ4n) is 3.93. The average Bonchev–Trinajstić information content (AvgIpc) is 2.83. The molecule has 174 valence electrons. The number of carbonyl (C=O) groups is 1. The zero-order chi connectivity index (χ0) is 23.3. The lowest BCUT2D eigenvalue weighted by atomic mass is 10.1. The molecule has 33 heavy (non-hydrogen) atoms. The first-order valence-corrected chi connectivity index (χ1v) is 12.5. The number of ether oxygens (including phenoxy) is 1. The van der Waals surface area contributed by atoms with Crippen LogP contribution in [0.2, 0.25) is 0 Å². The highest BCUT2D eigenvalue weighted by Gasteiger charge is 2.23. The molecule has 7 nitrogen and oxygen atoms in total. The number of amides is 1. The third kappa shape index (κ3) is 5.78. The Morgan fingerprint density at radius 3 is 2.39 bits per heavy atom. The van der Waals surface area contributed by atoms with Crippen molar-refractivity contribution < 1.29 is 17.9 Å². The van der Waals surface area contributed by atoms with E-state index in [2.05, 4.69) is 16.3 Å². The van der Waals surface area contributed by atoms with E-state index >= 15 is 0 Å². The quantitative estimate of drug-likeness (QED) is 0.551. The summed E-state index contributed by atoms with van der Waals surface area (Å²) >= 11 is 0. The number of hydrogen-bond acceptors (Lipinski definition) is 5. The van der Waals surface area contributed by atoms with Gasteiger partial charge in [0.15, 0.2) is 0 Å². The molecule has 1 heterocycles. The van der Waals surface area contributed by atoms with E-state index in [1.165, 1.54) is 7.05 Å². The molecule has 4 rings (SSSR count). The molecule has 0 aromatic heterocycles. The van der Waals surface area contributed by atoms with Gasteiger partial charge < -0.3 is 10.1 Å². The minimum Gasteiger partial charge on any atom is -0.379 e. The van der Waals surface area contributed by atoms with E-state index in [1.54, 1.807) is 18.2 Å². The van der Waals surface area contributed by atoms with E-state index in [1.807, 2.05) is 42.5 Å². The van der Waals surface area contributed by atoms with E-state index < -0.39 is 10.0 Å². The number of carbonyl (C=O) groups excluding carboxylic acids is 1. The Kier molecular flexibility index (Phi) is 7.39. The van der Waals surface area contributed by atoms with Crippen molar-refractivity contribution in [2.45, 2.75) is 18.0 Å². The van der Waals surface area contributed by atoms with Crippen LogP contribution in [0.25, 0.3) is 10.8 Å². The Hall–Kier alpha value is -2.78. The van der Waals surface area contributed by atoms with Crippen molar-refractivity contribution in [3.63, 3.8) is 0 Å². The summed E-state index contributed by atoms with van der Waals surface area (Å²) in [4.78, 5) is 15.1. The number of nitrogens with zero attached hydrogens (tertiary/aromatic N) is 2. The zero-order valence-electron chi connectivity index (χ0n) is 18.7. The zero-order valence-corrected chi connectivity index (χ0v) is 19.6. The molecule has 0 atom stereocenters. The number of benzene rings is 3. The van der Waals surface area contributed by atoms with E-state index in [4.69, 9.17) is 4.74 Å². The van der Waals surface area contributed by atoms with Crippen LogP contribution < -0.4 is 5.32 Å². The second-order valence-corrected chi connectivity index (χ2v) is 10.2. The van der Waals surface area contributed by atoms with Gasteiger partial charge in [0.25, 0.3) is 0 Å². The minimum absolute atomic E-state index is 0.173. The Labute approximate surface area is 195 Å². The lowest BCUT2D eigenvalue weighted by Gasteiger charge is -2.27. The van der Waals surface area contributed by atoms with E-state index in [-0.39, 0.29) is 17.3 Å². The van der Waals surface area contributed by atoms with E-state index in [9.17, 15) is 13.2 Å². The number of sulfonamides is 1. The largest absolute Gasteiger partial charge is 0.379 e. The van der Waals surface area contributed by atoms with Crippen LogP contribution in [0, 0.1) is 0 Å². The number of morpholine rings is 1. The summed E-state index contributed by atoms with van der Waals surface area (Å²) in [6.45, 7) is 4.14. The molecule has 1 amide bonds. The second-order valence-electron chi connectivity index (χ2n) is 8.20. The number of hydrogen-bond donors (Lipinski definition) is 1. The molecule has 3 aromatic carbocycles. The van der Waals surface area contributed by atoms with Crippen molar-refractivity contribution >= 4 is 26.7 Å². The molecule has 1 aliphatic heterocycles. The summed E-state index contributed by atoms with van der Waals surface area (Å²) in [6.07, 6.45) is 0. The summed E-state index contributed by atoms with van der Waals surface area (Å²) in [5.41, 5.74) is 2.18. The molecule has 1 fully saturated rings. The first-order chi connectivity index (χ1) is 15.9. The lowest BCUT2D eigenvalue weighted by molar-refractivity contribution is -0.121. The van der Waals surface area contributed by atoms with Crippen LogP contribution in [0.3, 0.4) is 0 Å². The number of likely N-dealkylation sites (N-methyl/N-ethyl adjacent to an activating group) is 1. The fourth-order valence-corrected chi connectivity index (χ4v) is 5.09. The fraction of sp³-hybridized carbons (Fsp3) is 0.320. The number of fused-ring (bicyclic) bond motifs is 1. The van der Waals surface area contributed by atoms with Crippen LogP contribution in [-0.2, 0) is 32.6 Å². The third-order valence-electron chi connectivity index (χ3n) is 5.89. The van der Waals surface area contributed by atoms with Gasteiger partial charge in [0, 0.05) is 33.2 Å². The van der Waals surface area contributed by atoms with Crippen LogP contribution in [0.1, 0.15) is 11.1 Å². The van der Waals surface area contributed by atoms with Crippen LogP contribution in [0.5, 0.6) is 0 Å². The molecular weight excluding hydrogens is 438 g/mol. The molecule has 1 aliphatic rings. The predicted octanol–water partition coefficient (Wildman–Crippen LogP) is 2.61. The summed E-state index contributed by atoms with van der Waals surface area (Å²) < 4.78 is 32.5. The van der Waals surface area contributed by atoms with Crippen LogP contribution in [0.4, 0.5) is 0 Å². The van der Waals surface area contributed by atoms with E-state index in [0.717, 1.165) is 59.1 Å². The monoisotopic (exact) mass is 467 g/mol. The van der Waals surface area contributed by atoms with Gasteiger partial charge in [-0.05, 0) is 34.0 Å². The molecule has 1 N–H and O–H groups in total. The van der Waals surface area contributed by atoms with Crippen LogP contribution >= 0.6 is 0 Å². The van der Waals surface area contributed by atoms with Gasteiger partial charge in [-0.25, -0.2) is 8.42 Å². The van der Waals surface area contributed by atoms with Gasteiger partial charge in [0.1, 0.15) is 0 Å². The third-order valence-corrected chi connectivity index (χ3v) is 7.69. The lowest BCUT2D eigenvalue weighted by Crippen LogP contribution is -2.38. The highest BCUT2D eigenvalue weighted by molar-refractivity contribution is 7.89. The second kappa shape index (κ2) is 10.4. The maximum absolute atomic E-state index is 13.0. The van der Waals surface area contributed by atoms with Crippen LogP contribution in [0.15, 0.2) is 71.6 Å². The minimum atomic E-state index is -3.78. The molecule has 0 radical (unpaired) electrons. The van der Waals surface area contributed by atoms with Gasteiger partial charge in [-0.2, -0.15) is 4.31 Å². The van der Waals surface area contributed by atoms with E-state index in [0.29, 0.717) is 6.54 Å². The molecule has 8 heteroatoms. The summed E-state index contributed by atoms with van der Waals surface area (Å²) in [7, 11) is -2.35. The predicted molar refractivity (Wildman–Crippen MR) is 128 cm³/mol. The summed E-state index contributed by atoms with van der Waals surface area (Å²) in [6, 6.07) is 20.6. The van der Waals surface area contributed by atoms with Crippen molar-refractivity contribution in [2.75, 3.05) is 39.9 Å². The molecular formula is C25H29N3O4S. The number of nitrogens with one attached hydrogen (secondary N) is 1. The average molecular weight is 468 g/mol. The highest BCUT2D eigenvalue weighted by atomic mass is 32.2. The normalized spacial score (nSPS) is 15.1. The maximum Gasteiger partial charge on any atom is 0.243 e. The molecule has 3 aromatic rings. The summed E-state index contributed by atoms with van der Waals surface area (Å²) in [5.74, 6) is -0.344. The van der Waals surface area contributed by atoms with Crippen LogP contribution in [-0.4, -0.2) is 63.4 Å². The van der Waals surface area contributed by atoms with Crippen molar-refractivity contribution in [3.8, 4) is 0 Å². The highest BCUT2D eigenvalue weighted by Crippen LogP contribution is 2.21. The molecule has 1 saturated heterocycles. The molecule has 0 unspecified atom stereocenters. The van der Waals surface area contributed by atoms with Crippen molar-refractivity contribution in [3.05, 3.63) is 77.9 Å². The Bertz CT molecular complexity index is 1220. The topological polar surface area (TPSA) is 79.0 Å². The Morgan fingerprint density at radius 2 is 1.64 bits per heavy atom. The van der Waals surface area contributed by atoms with Gasteiger partial charge in [0.2, 0.25) is 15.9 Å². The Balaban J connectivity index is 1.37. The van der Waals surface area contributed by atoms with Gasteiger partial charge in [-0.3, -0.25) is 9.69 Å². The van der Waals surface area contributed by atoms with Crippen molar-refractivity contribution in [1.82, 2.24) is 14.5 Å². The first kappa shape index (κ1) is 23.4. The van der Waals surface area contributed by atoms with Gasteiger partial charge in [-0.1, -0.05) is 54.6 Å². The number of rotatable bonds is 8.